The highest BCUT2D eigenvalue weighted by Crippen LogP contribution is 2.16. The van der Waals surface area contributed by atoms with E-state index in [9.17, 15) is 0 Å². The topological polar surface area (TPSA) is 26.0 Å². The predicted molar refractivity (Wildman–Crippen MR) is 81.8 cm³/mol. The normalized spacial score (nSPS) is 24.5. The molecule has 2 N–H and O–H groups in total. The van der Waals surface area contributed by atoms with Crippen LogP contribution in [0.25, 0.3) is 0 Å². The molecule has 0 aromatic rings. The molecule has 1 saturated carbocycles. The Bertz CT molecular complexity index is 149. The molecule has 0 radical (unpaired) electrons. The van der Waals surface area contributed by atoms with Crippen LogP contribution in [0.4, 0.5) is 0 Å². The van der Waals surface area contributed by atoms with Crippen LogP contribution in [0.15, 0.2) is 0 Å². The van der Waals surface area contributed by atoms with Gasteiger partial charge in [0, 0.05) is 6.04 Å². The maximum atomic E-state index is 6.17. The smallest absolute Gasteiger partial charge is 0.00388 e. The summed E-state index contributed by atoms with van der Waals surface area (Å²) in [6.45, 7) is 0. The minimum absolute atomic E-state index is 0.487. The molecule has 1 aliphatic carbocycles. The third-order valence-corrected chi connectivity index (χ3v) is 4.40. The van der Waals surface area contributed by atoms with Crippen molar-refractivity contribution in [1.29, 1.82) is 0 Å². The van der Waals surface area contributed by atoms with Crippen LogP contribution >= 0.6 is 0 Å². The molecule has 0 aromatic heterocycles. The lowest BCUT2D eigenvalue weighted by molar-refractivity contribution is 0.485. The standard InChI is InChI=1S/C17H35N/c18-17-15-13-11-9-7-5-3-1-2-4-6-8-10-12-14-16-17/h17H,1-16,18H2. The molecule has 1 aliphatic rings. The SMILES string of the molecule is NC1CCCCCCCCCCCCCCCC1. The first-order chi connectivity index (χ1) is 8.89. The minimum Gasteiger partial charge on any atom is -0.328 e. The molecule has 0 saturated heterocycles. The summed E-state index contributed by atoms with van der Waals surface area (Å²) in [6.07, 6.45) is 22.7. The average Bonchev–Trinajstić information content (AvgIpc) is 2.37. The number of hydrogen-bond donors (Lipinski definition) is 1. The van der Waals surface area contributed by atoms with Gasteiger partial charge in [0.15, 0.2) is 0 Å². The Hall–Kier alpha value is -0.0400. The van der Waals surface area contributed by atoms with Crippen LogP contribution in [-0.4, -0.2) is 6.04 Å². The van der Waals surface area contributed by atoms with E-state index in [0.29, 0.717) is 6.04 Å². The summed E-state index contributed by atoms with van der Waals surface area (Å²) in [5.41, 5.74) is 6.17. The van der Waals surface area contributed by atoms with Crippen LogP contribution in [0.5, 0.6) is 0 Å². The van der Waals surface area contributed by atoms with Crippen molar-refractivity contribution < 1.29 is 0 Å². The number of nitrogens with two attached hydrogens (primary N) is 1. The molecule has 0 aliphatic heterocycles. The van der Waals surface area contributed by atoms with Crippen molar-refractivity contribution >= 4 is 0 Å². The van der Waals surface area contributed by atoms with Gasteiger partial charge in [-0.1, -0.05) is 89.9 Å². The maximum absolute atomic E-state index is 6.17. The predicted octanol–water partition coefficient (Wildman–Crippen LogP) is 5.57. The van der Waals surface area contributed by atoms with Gasteiger partial charge in [0.2, 0.25) is 0 Å². The van der Waals surface area contributed by atoms with Crippen molar-refractivity contribution in [2.75, 3.05) is 0 Å². The first kappa shape index (κ1) is 16.0. The summed E-state index contributed by atoms with van der Waals surface area (Å²) < 4.78 is 0. The van der Waals surface area contributed by atoms with E-state index in [1.54, 1.807) is 0 Å². The van der Waals surface area contributed by atoms with Gasteiger partial charge >= 0.3 is 0 Å². The van der Waals surface area contributed by atoms with Gasteiger partial charge in [0.25, 0.3) is 0 Å². The Morgan fingerprint density at radius 2 is 0.611 bits per heavy atom. The zero-order valence-electron chi connectivity index (χ0n) is 12.5. The van der Waals surface area contributed by atoms with Gasteiger partial charge in [0.1, 0.15) is 0 Å². The Labute approximate surface area is 115 Å². The molecule has 1 nitrogen and oxygen atoms in total. The summed E-state index contributed by atoms with van der Waals surface area (Å²) in [7, 11) is 0. The van der Waals surface area contributed by atoms with Crippen molar-refractivity contribution in [3.8, 4) is 0 Å². The highest BCUT2D eigenvalue weighted by molar-refractivity contribution is 4.62. The first-order valence-corrected chi connectivity index (χ1v) is 8.65. The highest BCUT2D eigenvalue weighted by Gasteiger charge is 2.02. The molecule has 0 unspecified atom stereocenters. The van der Waals surface area contributed by atoms with E-state index < -0.39 is 0 Å². The van der Waals surface area contributed by atoms with Crippen molar-refractivity contribution in [3.63, 3.8) is 0 Å². The lowest BCUT2D eigenvalue weighted by atomic mass is 10.0. The molecule has 0 aromatic carbocycles. The quantitative estimate of drug-likeness (QED) is 0.600. The van der Waals surface area contributed by atoms with Crippen molar-refractivity contribution in [1.82, 2.24) is 0 Å². The molecule has 0 spiro atoms. The van der Waals surface area contributed by atoms with E-state index in [0.717, 1.165) is 0 Å². The van der Waals surface area contributed by atoms with Gasteiger partial charge < -0.3 is 5.73 Å². The van der Waals surface area contributed by atoms with Gasteiger partial charge in [0.05, 0.1) is 0 Å². The van der Waals surface area contributed by atoms with Crippen LogP contribution in [0, 0.1) is 0 Å². The van der Waals surface area contributed by atoms with Crippen LogP contribution in [0.3, 0.4) is 0 Å². The molecule has 108 valence electrons. The second-order valence-electron chi connectivity index (χ2n) is 6.29. The molecule has 1 rings (SSSR count). The van der Waals surface area contributed by atoms with Gasteiger partial charge in [-0.3, -0.25) is 0 Å². The Morgan fingerprint density at radius 3 is 0.889 bits per heavy atom. The van der Waals surface area contributed by atoms with E-state index in [2.05, 4.69) is 0 Å². The van der Waals surface area contributed by atoms with Crippen molar-refractivity contribution in [2.45, 2.75) is 109 Å². The van der Waals surface area contributed by atoms with E-state index in [-0.39, 0.29) is 0 Å². The maximum Gasteiger partial charge on any atom is 0.00388 e. The molecular weight excluding hydrogens is 218 g/mol. The van der Waals surface area contributed by atoms with E-state index >= 15 is 0 Å². The zero-order chi connectivity index (χ0) is 12.9. The van der Waals surface area contributed by atoms with E-state index in [4.69, 9.17) is 5.73 Å². The number of hydrogen-bond acceptors (Lipinski definition) is 1. The summed E-state index contributed by atoms with van der Waals surface area (Å²) in [5, 5.41) is 0. The second-order valence-corrected chi connectivity index (χ2v) is 6.29. The Kier molecular flexibility index (Phi) is 10.7. The van der Waals surface area contributed by atoms with Crippen LogP contribution in [-0.2, 0) is 0 Å². The van der Waals surface area contributed by atoms with Gasteiger partial charge in [-0.25, -0.2) is 0 Å². The van der Waals surface area contributed by atoms with Gasteiger partial charge in [-0.2, -0.15) is 0 Å². The third-order valence-electron chi connectivity index (χ3n) is 4.40. The zero-order valence-corrected chi connectivity index (χ0v) is 12.5. The molecule has 18 heavy (non-hydrogen) atoms. The van der Waals surface area contributed by atoms with Gasteiger partial charge in [-0.05, 0) is 12.8 Å². The largest absolute Gasteiger partial charge is 0.328 e. The van der Waals surface area contributed by atoms with Crippen molar-refractivity contribution in [3.05, 3.63) is 0 Å². The lowest BCUT2D eigenvalue weighted by Gasteiger charge is -2.11. The fraction of sp³-hybridized carbons (Fsp3) is 1.00. The Balaban J connectivity index is 2.09. The molecule has 0 bridgehead atoms. The summed E-state index contributed by atoms with van der Waals surface area (Å²) in [5.74, 6) is 0. The highest BCUT2D eigenvalue weighted by atomic mass is 14.6. The summed E-state index contributed by atoms with van der Waals surface area (Å²) >= 11 is 0. The van der Waals surface area contributed by atoms with Crippen LogP contribution < -0.4 is 5.73 Å². The van der Waals surface area contributed by atoms with E-state index in [1.165, 1.54) is 103 Å². The average molecular weight is 253 g/mol. The van der Waals surface area contributed by atoms with Crippen LogP contribution in [0.1, 0.15) is 103 Å². The van der Waals surface area contributed by atoms with E-state index in [1.807, 2.05) is 0 Å². The van der Waals surface area contributed by atoms with Crippen molar-refractivity contribution in [2.24, 2.45) is 5.73 Å². The second kappa shape index (κ2) is 12.0. The lowest BCUT2D eigenvalue weighted by Crippen LogP contribution is -2.19. The fourth-order valence-corrected chi connectivity index (χ4v) is 3.08. The number of rotatable bonds is 0. The first-order valence-electron chi connectivity index (χ1n) is 8.65. The molecule has 0 heterocycles. The third kappa shape index (κ3) is 9.94. The molecule has 0 amide bonds. The fourth-order valence-electron chi connectivity index (χ4n) is 3.08. The molecule has 0 atom stereocenters. The van der Waals surface area contributed by atoms with Crippen LogP contribution in [0.2, 0.25) is 0 Å². The monoisotopic (exact) mass is 253 g/mol. The summed E-state index contributed by atoms with van der Waals surface area (Å²) in [4.78, 5) is 0. The van der Waals surface area contributed by atoms with Gasteiger partial charge in [-0.15, -0.1) is 0 Å². The summed E-state index contributed by atoms with van der Waals surface area (Å²) in [6, 6.07) is 0.487. The molecular formula is C17H35N. The molecule has 1 heteroatoms. The Morgan fingerprint density at radius 1 is 0.389 bits per heavy atom. The minimum atomic E-state index is 0.487. The molecule has 1 fully saturated rings.